The zero-order chi connectivity index (χ0) is 16.1. The molecule has 0 bridgehead atoms. The molecule has 0 saturated carbocycles. The Morgan fingerprint density at radius 1 is 1.52 bits per heavy atom. The number of hydrogen-bond acceptors (Lipinski definition) is 5. The van der Waals surface area contributed by atoms with Crippen molar-refractivity contribution in [2.45, 2.75) is 19.8 Å². The first-order valence-corrected chi connectivity index (χ1v) is 7.66. The monoisotopic (exact) mass is 344 g/mol. The fourth-order valence-corrected chi connectivity index (χ4v) is 2.69. The molecule has 1 aliphatic heterocycles. The number of nitrogens with zero attached hydrogens (tertiary/aromatic N) is 2. The maximum Gasteiger partial charge on any atom is 0.310 e. The van der Waals surface area contributed by atoms with E-state index in [0.717, 1.165) is 12.1 Å². The third-order valence-corrected chi connectivity index (χ3v) is 3.98. The highest BCUT2D eigenvalue weighted by Gasteiger charge is 2.34. The summed E-state index contributed by atoms with van der Waals surface area (Å²) in [4.78, 5) is 24.0. The fourth-order valence-electron chi connectivity index (χ4n) is 2.69. The Bertz CT molecular complexity index is 535. The quantitative estimate of drug-likeness (QED) is 0.732. The van der Waals surface area contributed by atoms with Gasteiger partial charge >= 0.3 is 5.97 Å². The Morgan fingerprint density at radius 3 is 2.87 bits per heavy atom. The van der Waals surface area contributed by atoms with Gasteiger partial charge in [-0.3, -0.25) is 14.3 Å². The molecule has 1 unspecified atom stereocenters. The molecule has 3 atom stereocenters. The molecule has 1 amide bonds. The maximum atomic E-state index is 12.4. The van der Waals surface area contributed by atoms with Gasteiger partial charge in [0.25, 0.3) is 0 Å². The normalized spacial score (nSPS) is 21.3. The smallest absolute Gasteiger partial charge is 0.310 e. The van der Waals surface area contributed by atoms with Crippen molar-refractivity contribution in [3.63, 3.8) is 0 Å². The van der Waals surface area contributed by atoms with Gasteiger partial charge in [-0.15, -0.1) is 12.4 Å². The van der Waals surface area contributed by atoms with Gasteiger partial charge in [-0.25, -0.2) is 0 Å². The van der Waals surface area contributed by atoms with Gasteiger partial charge in [0.15, 0.2) is 0 Å². The van der Waals surface area contributed by atoms with Crippen LogP contribution in [0.15, 0.2) is 12.4 Å². The Kier molecular flexibility index (Phi) is 7.51. The lowest BCUT2D eigenvalue weighted by Crippen LogP contribution is -2.38. The average Bonchev–Trinajstić information content (AvgIpc) is 3.12. The van der Waals surface area contributed by atoms with Gasteiger partial charge in [0.2, 0.25) is 5.91 Å². The second kappa shape index (κ2) is 8.88. The lowest BCUT2D eigenvalue weighted by Gasteiger charge is -2.18. The van der Waals surface area contributed by atoms with Gasteiger partial charge < -0.3 is 15.4 Å². The molecule has 1 saturated heterocycles. The summed E-state index contributed by atoms with van der Waals surface area (Å²) in [7, 11) is 1.86. The number of rotatable bonds is 6. The first kappa shape index (κ1) is 19.4. The van der Waals surface area contributed by atoms with Crippen LogP contribution in [-0.4, -0.2) is 47.9 Å². The topological polar surface area (TPSA) is 85.2 Å². The lowest BCUT2D eigenvalue weighted by molar-refractivity contribution is -0.147. The van der Waals surface area contributed by atoms with Crippen LogP contribution < -0.4 is 10.6 Å². The largest absolute Gasteiger partial charge is 0.466 e. The molecule has 1 fully saturated rings. The fraction of sp³-hybridized carbons (Fsp3) is 0.667. The van der Waals surface area contributed by atoms with Crippen LogP contribution >= 0.6 is 12.4 Å². The number of carbonyl (C=O) groups excluding carboxylic acids is 2. The van der Waals surface area contributed by atoms with Crippen molar-refractivity contribution in [1.29, 1.82) is 0 Å². The first-order valence-electron chi connectivity index (χ1n) is 7.66. The van der Waals surface area contributed by atoms with Gasteiger partial charge in [-0.2, -0.15) is 5.10 Å². The highest BCUT2D eigenvalue weighted by atomic mass is 35.5. The van der Waals surface area contributed by atoms with Gasteiger partial charge in [-0.1, -0.05) is 6.92 Å². The SMILES string of the molecule is CCOC(=O)C(C)CNC(=O)[C@H]1CNC[C@@H]1c1cnn(C)c1.Cl. The number of hydrogen-bond donors (Lipinski definition) is 2. The average molecular weight is 345 g/mol. The third-order valence-electron chi connectivity index (χ3n) is 3.98. The molecular formula is C15H25ClN4O3. The van der Waals surface area contributed by atoms with E-state index in [1.165, 1.54) is 0 Å². The molecule has 2 N–H and O–H groups in total. The number of ether oxygens (including phenoxy) is 1. The molecule has 1 aromatic rings. The van der Waals surface area contributed by atoms with Crippen LogP contribution in [0.1, 0.15) is 25.3 Å². The van der Waals surface area contributed by atoms with Crippen molar-refractivity contribution in [2.75, 3.05) is 26.2 Å². The number of carbonyl (C=O) groups is 2. The Hall–Kier alpha value is -1.60. The molecule has 130 valence electrons. The summed E-state index contributed by atoms with van der Waals surface area (Å²) < 4.78 is 6.68. The van der Waals surface area contributed by atoms with E-state index >= 15 is 0 Å². The minimum absolute atomic E-state index is 0. The van der Waals surface area contributed by atoms with Gasteiger partial charge in [0.1, 0.15) is 0 Å². The molecule has 2 heterocycles. The Morgan fingerprint density at radius 2 is 2.26 bits per heavy atom. The first-order chi connectivity index (χ1) is 10.5. The Balaban J connectivity index is 0.00000264. The van der Waals surface area contributed by atoms with E-state index in [4.69, 9.17) is 4.74 Å². The summed E-state index contributed by atoms with van der Waals surface area (Å²) >= 11 is 0. The minimum Gasteiger partial charge on any atom is -0.466 e. The van der Waals surface area contributed by atoms with E-state index in [1.54, 1.807) is 24.7 Å². The predicted molar refractivity (Wildman–Crippen MR) is 88.4 cm³/mol. The van der Waals surface area contributed by atoms with Crippen LogP contribution in [0.3, 0.4) is 0 Å². The summed E-state index contributed by atoms with van der Waals surface area (Å²) in [5.41, 5.74) is 1.06. The molecule has 8 heteroatoms. The van der Waals surface area contributed by atoms with E-state index in [2.05, 4.69) is 15.7 Å². The third kappa shape index (κ3) is 4.94. The highest BCUT2D eigenvalue weighted by molar-refractivity contribution is 5.85. The predicted octanol–water partition coefficient (Wildman–Crippen LogP) is 0.460. The highest BCUT2D eigenvalue weighted by Crippen LogP contribution is 2.27. The van der Waals surface area contributed by atoms with Crippen molar-refractivity contribution >= 4 is 24.3 Å². The number of aryl methyl sites for hydroxylation is 1. The van der Waals surface area contributed by atoms with Crippen molar-refractivity contribution in [3.05, 3.63) is 18.0 Å². The lowest BCUT2D eigenvalue weighted by atomic mass is 9.90. The summed E-state index contributed by atoms with van der Waals surface area (Å²) in [6.07, 6.45) is 3.75. The number of aromatic nitrogens is 2. The van der Waals surface area contributed by atoms with E-state index in [9.17, 15) is 9.59 Å². The summed E-state index contributed by atoms with van der Waals surface area (Å²) in [5, 5.41) is 10.3. The number of nitrogens with one attached hydrogen (secondary N) is 2. The molecule has 7 nitrogen and oxygen atoms in total. The molecule has 2 rings (SSSR count). The number of amides is 1. The molecule has 0 radical (unpaired) electrons. The maximum absolute atomic E-state index is 12.4. The standard InChI is InChI=1S/C15H24N4O3.ClH/c1-4-22-15(21)10(2)5-17-14(20)13-8-16-7-12(13)11-6-18-19(3)9-11;/h6,9-10,12-13,16H,4-5,7-8H2,1-3H3,(H,17,20);1H/t10?,12-,13+;/m1./s1. The molecular weight excluding hydrogens is 320 g/mol. The number of esters is 1. The molecule has 1 aromatic heterocycles. The zero-order valence-corrected chi connectivity index (χ0v) is 14.6. The van der Waals surface area contributed by atoms with Crippen LogP contribution in [0.4, 0.5) is 0 Å². The van der Waals surface area contributed by atoms with E-state index in [0.29, 0.717) is 19.7 Å². The summed E-state index contributed by atoms with van der Waals surface area (Å²) in [5.74, 6) is -0.675. The molecule has 0 aliphatic carbocycles. The molecule has 0 spiro atoms. The van der Waals surface area contributed by atoms with Crippen LogP contribution in [0.5, 0.6) is 0 Å². The number of halogens is 1. The van der Waals surface area contributed by atoms with Crippen molar-refractivity contribution in [3.8, 4) is 0 Å². The van der Waals surface area contributed by atoms with Crippen molar-refractivity contribution < 1.29 is 14.3 Å². The molecule has 0 aromatic carbocycles. The van der Waals surface area contributed by atoms with Crippen molar-refractivity contribution in [1.82, 2.24) is 20.4 Å². The van der Waals surface area contributed by atoms with Crippen LogP contribution in [0.25, 0.3) is 0 Å². The summed E-state index contributed by atoms with van der Waals surface area (Å²) in [6, 6.07) is 0. The Labute approximate surface area is 142 Å². The van der Waals surface area contributed by atoms with Crippen LogP contribution in [0, 0.1) is 11.8 Å². The van der Waals surface area contributed by atoms with E-state index in [-0.39, 0.29) is 42.0 Å². The summed E-state index contributed by atoms with van der Waals surface area (Å²) in [6.45, 7) is 5.58. The minimum atomic E-state index is -0.338. The molecule has 1 aliphatic rings. The van der Waals surface area contributed by atoms with Gasteiger partial charge in [-0.05, 0) is 12.5 Å². The molecule has 23 heavy (non-hydrogen) atoms. The second-order valence-electron chi connectivity index (χ2n) is 5.72. The van der Waals surface area contributed by atoms with Crippen LogP contribution in [0.2, 0.25) is 0 Å². The van der Waals surface area contributed by atoms with Crippen molar-refractivity contribution in [2.24, 2.45) is 18.9 Å². The van der Waals surface area contributed by atoms with E-state index < -0.39 is 0 Å². The van der Waals surface area contributed by atoms with Gasteiger partial charge in [0.05, 0.1) is 24.6 Å². The van der Waals surface area contributed by atoms with Gasteiger partial charge in [0, 0.05) is 38.8 Å². The second-order valence-corrected chi connectivity index (χ2v) is 5.72. The van der Waals surface area contributed by atoms with Crippen LogP contribution in [-0.2, 0) is 21.4 Å². The van der Waals surface area contributed by atoms with E-state index in [1.807, 2.05) is 13.2 Å². The zero-order valence-electron chi connectivity index (χ0n) is 13.7.